The molecule has 8 nitrogen and oxygen atoms in total. The minimum absolute atomic E-state index is 0.0312. The van der Waals surface area contributed by atoms with Crippen LogP contribution in [0.3, 0.4) is 0 Å². The topological polar surface area (TPSA) is 98.1 Å². The Morgan fingerprint density at radius 3 is 2.43 bits per heavy atom. The van der Waals surface area contributed by atoms with Gasteiger partial charge in [-0.05, 0) is 90.3 Å². The van der Waals surface area contributed by atoms with Crippen molar-refractivity contribution < 1.29 is 19.1 Å². The van der Waals surface area contributed by atoms with Crippen LogP contribution in [-0.2, 0) is 16.8 Å². The van der Waals surface area contributed by atoms with Gasteiger partial charge in [-0.15, -0.1) is 0 Å². The molecule has 1 fully saturated rings. The van der Waals surface area contributed by atoms with Gasteiger partial charge in [-0.25, -0.2) is 14.4 Å². The molecule has 0 spiro atoms. The van der Waals surface area contributed by atoms with Gasteiger partial charge in [-0.3, -0.25) is 14.5 Å². The summed E-state index contributed by atoms with van der Waals surface area (Å²) < 4.78 is 15.1. The molecule has 3 aromatic rings. The molecule has 2 aliphatic heterocycles. The Kier molecular flexibility index (Phi) is 10.1. The van der Waals surface area contributed by atoms with E-state index in [9.17, 15) is 14.7 Å². The van der Waals surface area contributed by atoms with Gasteiger partial charge in [0.25, 0.3) is 11.8 Å². The predicted molar refractivity (Wildman–Crippen MR) is 185 cm³/mol. The second-order valence-corrected chi connectivity index (χ2v) is 14.2. The van der Waals surface area contributed by atoms with Gasteiger partial charge >= 0.3 is 0 Å². The van der Waals surface area contributed by atoms with Crippen LogP contribution in [0.25, 0.3) is 5.57 Å². The molecule has 1 atom stereocenters. The maximum atomic E-state index is 15.1. The molecule has 2 aliphatic rings. The van der Waals surface area contributed by atoms with Crippen molar-refractivity contribution in [1.82, 2.24) is 14.8 Å². The normalized spacial score (nSPS) is 19.8. The first-order valence-corrected chi connectivity index (χ1v) is 16.4. The van der Waals surface area contributed by atoms with Crippen molar-refractivity contribution in [3.05, 3.63) is 94.9 Å². The number of carbonyl (C=O) groups excluding carboxylic acids is 2. The third kappa shape index (κ3) is 8.39. The monoisotopic (exact) mass is 639 g/mol. The fourth-order valence-corrected chi connectivity index (χ4v) is 6.05. The van der Waals surface area contributed by atoms with E-state index in [2.05, 4.69) is 47.9 Å². The number of carbonyl (C=O) groups is 2. The van der Waals surface area contributed by atoms with Crippen molar-refractivity contribution >= 4 is 34.6 Å². The van der Waals surface area contributed by atoms with Crippen LogP contribution in [-0.4, -0.2) is 69.7 Å². The molecule has 0 aliphatic carbocycles. The minimum Gasteiger partial charge on any atom is -0.390 e. The molecule has 0 saturated carbocycles. The molecule has 47 heavy (non-hydrogen) atoms. The maximum absolute atomic E-state index is 15.1. The number of benzene rings is 2. The number of aliphatic imine (C=N–C) groups is 1. The van der Waals surface area contributed by atoms with Gasteiger partial charge in [0.2, 0.25) is 0 Å². The van der Waals surface area contributed by atoms with Crippen LogP contribution < -0.4 is 5.32 Å². The molecule has 2 amide bonds. The molecule has 9 heteroatoms. The van der Waals surface area contributed by atoms with E-state index >= 15 is 4.39 Å². The predicted octanol–water partition coefficient (Wildman–Crippen LogP) is 6.77. The first-order chi connectivity index (χ1) is 22.2. The molecule has 1 aromatic heterocycles. The van der Waals surface area contributed by atoms with Gasteiger partial charge in [0.1, 0.15) is 11.5 Å². The fraction of sp³-hybridized carbons (Fsp3) is 0.421. The van der Waals surface area contributed by atoms with E-state index in [4.69, 9.17) is 0 Å². The lowest BCUT2D eigenvalue weighted by atomic mass is 9.86. The van der Waals surface area contributed by atoms with E-state index in [0.717, 1.165) is 55.6 Å². The Morgan fingerprint density at radius 1 is 1.11 bits per heavy atom. The SMILES string of the molecule is CCC1CN(C)C(=O)C(=Nc2ccc(CN3CCC(C)(O)CC3)cn2)C=C1c1ccc(F)c(NC(=O)c2ccc(C(C)(C)C)cc2)c1. The molecule has 3 heterocycles. The highest BCUT2D eigenvalue weighted by atomic mass is 19.1. The molecular weight excluding hydrogens is 593 g/mol. The Hall–Kier alpha value is -4.21. The summed E-state index contributed by atoms with van der Waals surface area (Å²) in [6.07, 6.45) is 5.78. The number of amides is 2. The first kappa shape index (κ1) is 34.1. The zero-order valence-electron chi connectivity index (χ0n) is 28.3. The van der Waals surface area contributed by atoms with Gasteiger partial charge in [0.05, 0.1) is 11.3 Å². The van der Waals surface area contributed by atoms with E-state index in [-0.39, 0.29) is 28.6 Å². The lowest BCUT2D eigenvalue weighted by Gasteiger charge is -2.35. The van der Waals surface area contributed by atoms with Gasteiger partial charge in [-0.1, -0.05) is 52.0 Å². The highest BCUT2D eigenvalue weighted by Gasteiger charge is 2.29. The Morgan fingerprint density at radius 2 is 1.81 bits per heavy atom. The summed E-state index contributed by atoms with van der Waals surface area (Å²) >= 11 is 0. The summed E-state index contributed by atoms with van der Waals surface area (Å²) in [6.45, 7) is 13.1. The minimum atomic E-state index is -0.599. The number of halogens is 1. The highest BCUT2D eigenvalue weighted by Crippen LogP contribution is 2.33. The quantitative estimate of drug-likeness (QED) is 0.297. The average Bonchev–Trinajstić information content (AvgIpc) is 3.15. The van der Waals surface area contributed by atoms with Crippen LogP contribution in [0, 0.1) is 11.7 Å². The summed E-state index contributed by atoms with van der Waals surface area (Å²) in [7, 11) is 1.76. The molecular formula is C38H46FN5O3. The molecule has 0 radical (unpaired) electrons. The van der Waals surface area contributed by atoms with Crippen molar-refractivity contribution in [2.75, 3.05) is 32.0 Å². The molecule has 5 rings (SSSR count). The van der Waals surface area contributed by atoms with Crippen molar-refractivity contribution in [3.8, 4) is 0 Å². The Bertz CT molecular complexity index is 1660. The number of anilines is 1. The summed E-state index contributed by atoms with van der Waals surface area (Å²) in [6, 6.07) is 15.8. The number of piperidine rings is 1. The standard InChI is InChI=1S/C38H46FN5O3/c1-7-26-24-43(6)36(46)33(41-34-15-8-25(22-40-34)23-44-18-16-38(5,47)17-19-44)21-30(26)28-11-14-31(39)32(20-28)42-35(45)27-9-12-29(13-10-27)37(2,3)4/h8-15,20-22,26,47H,7,16-19,23-24H2,1-6H3,(H,42,45). The molecule has 2 N–H and O–H groups in total. The summed E-state index contributed by atoms with van der Waals surface area (Å²) in [5.74, 6) is -0.781. The van der Waals surface area contributed by atoms with E-state index in [0.29, 0.717) is 23.5 Å². The zero-order valence-corrected chi connectivity index (χ0v) is 28.3. The van der Waals surface area contributed by atoms with E-state index in [1.165, 1.54) is 6.07 Å². The fourth-order valence-electron chi connectivity index (χ4n) is 6.05. The molecule has 1 saturated heterocycles. The lowest BCUT2D eigenvalue weighted by molar-refractivity contribution is -0.123. The average molecular weight is 640 g/mol. The summed E-state index contributed by atoms with van der Waals surface area (Å²) in [4.78, 5) is 39.7. The number of rotatable bonds is 7. The van der Waals surface area contributed by atoms with Crippen LogP contribution in [0.2, 0.25) is 0 Å². The van der Waals surface area contributed by atoms with Crippen molar-refractivity contribution in [3.63, 3.8) is 0 Å². The third-order valence-corrected chi connectivity index (χ3v) is 9.23. The lowest BCUT2D eigenvalue weighted by Crippen LogP contribution is -2.41. The van der Waals surface area contributed by atoms with Crippen LogP contribution in [0.5, 0.6) is 0 Å². The number of hydrogen-bond acceptors (Lipinski definition) is 6. The second-order valence-electron chi connectivity index (χ2n) is 14.2. The van der Waals surface area contributed by atoms with Crippen molar-refractivity contribution in [1.29, 1.82) is 0 Å². The molecule has 1 unspecified atom stereocenters. The Balaban J connectivity index is 1.39. The number of aliphatic hydroxyl groups is 1. The van der Waals surface area contributed by atoms with E-state index in [1.807, 2.05) is 31.2 Å². The van der Waals surface area contributed by atoms with E-state index < -0.39 is 17.3 Å². The van der Waals surface area contributed by atoms with Crippen molar-refractivity contribution in [2.45, 2.75) is 71.4 Å². The van der Waals surface area contributed by atoms with Gasteiger partial charge in [0.15, 0.2) is 5.82 Å². The smallest absolute Gasteiger partial charge is 0.272 e. The second kappa shape index (κ2) is 13.9. The van der Waals surface area contributed by atoms with Gasteiger partial charge < -0.3 is 15.3 Å². The van der Waals surface area contributed by atoms with Crippen LogP contribution >= 0.6 is 0 Å². The van der Waals surface area contributed by atoms with Gasteiger partial charge in [0, 0.05) is 50.9 Å². The number of likely N-dealkylation sites (tertiary alicyclic amines) is 1. The number of nitrogens with zero attached hydrogens (tertiary/aromatic N) is 4. The van der Waals surface area contributed by atoms with E-state index in [1.54, 1.807) is 48.5 Å². The highest BCUT2D eigenvalue weighted by molar-refractivity contribution is 6.45. The number of hydrogen-bond donors (Lipinski definition) is 2. The third-order valence-electron chi connectivity index (χ3n) is 9.23. The van der Waals surface area contributed by atoms with Crippen molar-refractivity contribution in [2.24, 2.45) is 10.9 Å². The largest absolute Gasteiger partial charge is 0.390 e. The number of pyridine rings is 1. The Labute approximate surface area is 277 Å². The molecule has 248 valence electrons. The van der Waals surface area contributed by atoms with Crippen LogP contribution in [0.15, 0.2) is 71.9 Å². The number of aromatic nitrogens is 1. The van der Waals surface area contributed by atoms with Crippen LogP contribution in [0.1, 0.15) is 80.9 Å². The maximum Gasteiger partial charge on any atom is 0.272 e. The summed E-state index contributed by atoms with van der Waals surface area (Å²) in [5.41, 5.74) is 3.78. The summed E-state index contributed by atoms with van der Waals surface area (Å²) in [5, 5.41) is 13.0. The van der Waals surface area contributed by atoms with Crippen LogP contribution in [0.4, 0.5) is 15.9 Å². The number of nitrogens with one attached hydrogen (secondary N) is 1. The molecule has 0 bridgehead atoms. The molecule has 2 aromatic carbocycles. The zero-order chi connectivity index (χ0) is 33.9. The first-order valence-electron chi connectivity index (χ1n) is 16.4. The van der Waals surface area contributed by atoms with Gasteiger partial charge in [-0.2, -0.15) is 0 Å².